The molecule has 2 heterocycles. The lowest BCUT2D eigenvalue weighted by Crippen LogP contribution is -2.47. The van der Waals surface area contributed by atoms with Crippen LogP contribution in [0.5, 0.6) is 0 Å². The highest BCUT2D eigenvalue weighted by molar-refractivity contribution is 5.98. The van der Waals surface area contributed by atoms with Crippen LogP contribution in [0.1, 0.15) is 36.2 Å². The number of nitrogens with zero attached hydrogens (tertiary/aromatic N) is 2. The van der Waals surface area contributed by atoms with Crippen LogP contribution in [0.25, 0.3) is 0 Å². The highest BCUT2D eigenvalue weighted by Crippen LogP contribution is 2.25. The number of hydrogen-bond donors (Lipinski definition) is 2. The second kappa shape index (κ2) is 8.27. The zero-order valence-electron chi connectivity index (χ0n) is 16.4. The lowest BCUT2D eigenvalue weighted by molar-refractivity contribution is -0.125. The normalized spacial score (nSPS) is 23.0. The van der Waals surface area contributed by atoms with Crippen LogP contribution >= 0.6 is 0 Å². The molecule has 3 N–H and O–H groups in total. The number of hydrogen-bond acceptors (Lipinski definition) is 5. The number of morpholine rings is 1. The van der Waals surface area contributed by atoms with Crippen LogP contribution in [0.4, 0.5) is 5.69 Å². The molecule has 2 amide bonds. The molecule has 0 spiro atoms. The Morgan fingerprint density at radius 3 is 2.59 bits per heavy atom. The molecule has 2 unspecified atom stereocenters. The Labute approximate surface area is 160 Å². The standard InChI is InChI=1S/C20H30N4O3/c1-13(2)22-19(25)18-11-16(21)12-24(18)20(26)15-4-5-17(14(3)10-15)23-6-8-27-9-7-23/h4-5,10,13,16,18H,6-9,11-12,21H2,1-3H3,(H,22,25). The smallest absolute Gasteiger partial charge is 0.254 e. The summed E-state index contributed by atoms with van der Waals surface area (Å²) >= 11 is 0. The first-order chi connectivity index (χ1) is 12.9. The predicted molar refractivity (Wildman–Crippen MR) is 105 cm³/mol. The molecule has 3 rings (SSSR count). The van der Waals surface area contributed by atoms with E-state index in [1.165, 1.54) is 0 Å². The van der Waals surface area contributed by atoms with Gasteiger partial charge in [-0.25, -0.2) is 0 Å². The minimum absolute atomic E-state index is 0.0290. The Kier molecular flexibility index (Phi) is 6.01. The number of nitrogens with two attached hydrogens (primary N) is 1. The number of aryl methyl sites for hydroxylation is 1. The summed E-state index contributed by atoms with van der Waals surface area (Å²) in [5.41, 5.74) is 8.83. The Morgan fingerprint density at radius 2 is 1.96 bits per heavy atom. The lowest BCUT2D eigenvalue weighted by atomic mass is 10.1. The molecule has 1 aromatic rings. The van der Waals surface area contributed by atoms with Gasteiger partial charge in [-0.2, -0.15) is 0 Å². The fourth-order valence-electron chi connectivity index (χ4n) is 3.84. The number of rotatable bonds is 4. The Morgan fingerprint density at radius 1 is 1.26 bits per heavy atom. The third-order valence-corrected chi connectivity index (χ3v) is 5.12. The molecule has 0 aromatic heterocycles. The van der Waals surface area contributed by atoms with E-state index in [1.807, 2.05) is 39.0 Å². The quantitative estimate of drug-likeness (QED) is 0.818. The number of carbonyl (C=O) groups is 2. The topological polar surface area (TPSA) is 87.9 Å². The van der Waals surface area contributed by atoms with Crippen LogP contribution in [-0.4, -0.2) is 67.7 Å². The van der Waals surface area contributed by atoms with Crippen molar-refractivity contribution >= 4 is 17.5 Å². The van der Waals surface area contributed by atoms with Gasteiger partial charge in [-0.1, -0.05) is 0 Å². The number of likely N-dealkylation sites (tertiary alicyclic amines) is 1. The zero-order chi connectivity index (χ0) is 19.6. The van der Waals surface area contributed by atoms with Crippen molar-refractivity contribution in [1.82, 2.24) is 10.2 Å². The van der Waals surface area contributed by atoms with Crippen LogP contribution in [0.3, 0.4) is 0 Å². The molecule has 2 aliphatic rings. The van der Waals surface area contributed by atoms with Crippen molar-refractivity contribution in [2.45, 2.75) is 45.3 Å². The molecule has 0 bridgehead atoms. The molecule has 0 aliphatic carbocycles. The third-order valence-electron chi connectivity index (χ3n) is 5.12. The first kappa shape index (κ1) is 19.6. The van der Waals surface area contributed by atoms with Gasteiger partial charge in [0.15, 0.2) is 0 Å². The summed E-state index contributed by atoms with van der Waals surface area (Å²) in [4.78, 5) is 29.5. The number of benzene rings is 1. The van der Waals surface area contributed by atoms with Crippen molar-refractivity contribution in [3.05, 3.63) is 29.3 Å². The van der Waals surface area contributed by atoms with E-state index in [0.29, 0.717) is 18.5 Å². The number of anilines is 1. The van der Waals surface area contributed by atoms with E-state index in [1.54, 1.807) is 4.90 Å². The monoisotopic (exact) mass is 374 g/mol. The zero-order valence-corrected chi connectivity index (χ0v) is 16.4. The van der Waals surface area contributed by atoms with Gasteiger partial charge in [-0.15, -0.1) is 0 Å². The molecular formula is C20H30N4O3. The number of nitrogens with one attached hydrogen (secondary N) is 1. The van der Waals surface area contributed by atoms with Gasteiger partial charge in [0.05, 0.1) is 13.2 Å². The molecule has 0 saturated carbocycles. The molecule has 2 atom stereocenters. The van der Waals surface area contributed by atoms with Crippen LogP contribution < -0.4 is 16.0 Å². The van der Waals surface area contributed by atoms with Crippen molar-refractivity contribution < 1.29 is 14.3 Å². The van der Waals surface area contributed by atoms with E-state index in [4.69, 9.17) is 10.5 Å². The first-order valence-electron chi connectivity index (χ1n) is 9.67. The Hall–Kier alpha value is -2.12. The molecule has 27 heavy (non-hydrogen) atoms. The van der Waals surface area contributed by atoms with Gasteiger partial charge in [0.1, 0.15) is 6.04 Å². The van der Waals surface area contributed by atoms with Gasteiger partial charge in [0.25, 0.3) is 5.91 Å². The predicted octanol–water partition coefficient (Wildman–Crippen LogP) is 0.898. The SMILES string of the molecule is Cc1cc(C(=O)N2CC(N)CC2C(=O)NC(C)C)ccc1N1CCOCC1. The molecule has 7 heteroatoms. The molecule has 2 fully saturated rings. The summed E-state index contributed by atoms with van der Waals surface area (Å²) in [6.07, 6.45) is 0.495. The van der Waals surface area contributed by atoms with Crippen LogP contribution in [0.15, 0.2) is 18.2 Å². The van der Waals surface area contributed by atoms with Crippen molar-refractivity contribution in [1.29, 1.82) is 0 Å². The molecule has 1 aromatic carbocycles. The number of amides is 2. The van der Waals surface area contributed by atoms with Crippen LogP contribution in [0, 0.1) is 6.92 Å². The maximum Gasteiger partial charge on any atom is 0.254 e. The van der Waals surface area contributed by atoms with Crippen LogP contribution in [0.2, 0.25) is 0 Å². The fraction of sp³-hybridized carbons (Fsp3) is 0.600. The summed E-state index contributed by atoms with van der Waals surface area (Å²) in [6, 6.07) is 5.10. The van der Waals surface area contributed by atoms with Gasteiger partial charge in [0, 0.05) is 43.0 Å². The van der Waals surface area contributed by atoms with Gasteiger partial charge in [0.2, 0.25) is 5.91 Å². The van der Waals surface area contributed by atoms with E-state index < -0.39 is 6.04 Å². The second-order valence-corrected chi connectivity index (χ2v) is 7.73. The van der Waals surface area contributed by atoms with Crippen molar-refractivity contribution in [3.63, 3.8) is 0 Å². The second-order valence-electron chi connectivity index (χ2n) is 7.73. The average Bonchev–Trinajstić information content (AvgIpc) is 3.03. The molecule has 7 nitrogen and oxygen atoms in total. The van der Waals surface area contributed by atoms with E-state index in [2.05, 4.69) is 10.2 Å². The summed E-state index contributed by atoms with van der Waals surface area (Å²) in [7, 11) is 0. The van der Waals surface area contributed by atoms with Gasteiger partial charge < -0.3 is 25.6 Å². The maximum atomic E-state index is 13.1. The molecule has 2 aliphatic heterocycles. The number of ether oxygens (including phenoxy) is 1. The molecule has 2 saturated heterocycles. The largest absolute Gasteiger partial charge is 0.378 e. The van der Waals surface area contributed by atoms with Gasteiger partial charge in [-0.3, -0.25) is 9.59 Å². The number of carbonyl (C=O) groups excluding carboxylic acids is 2. The van der Waals surface area contributed by atoms with Gasteiger partial charge >= 0.3 is 0 Å². The highest BCUT2D eigenvalue weighted by Gasteiger charge is 2.38. The van der Waals surface area contributed by atoms with E-state index in [9.17, 15) is 9.59 Å². The summed E-state index contributed by atoms with van der Waals surface area (Å²) in [5.74, 6) is -0.267. The minimum Gasteiger partial charge on any atom is -0.378 e. The highest BCUT2D eigenvalue weighted by atomic mass is 16.5. The summed E-state index contributed by atoms with van der Waals surface area (Å²) in [6.45, 7) is 9.38. The fourth-order valence-corrected chi connectivity index (χ4v) is 3.84. The lowest BCUT2D eigenvalue weighted by Gasteiger charge is -2.30. The molecule has 148 valence electrons. The molecular weight excluding hydrogens is 344 g/mol. The van der Waals surface area contributed by atoms with Crippen molar-refractivity contribution in [3.8, 4) is 0 Å². The maximum absolute atomic E-state index is 13.1. The van der Waals surface area contributed by atoms with Crippen molar-refractivity contribution in [2.24, 2.45) is 5.73 Å². The summed E-state index contributed by atoms with van der Waals surface area (Å²) in [5, 5.41) is 2.90. The molecule has 0 radical (unpaired) electrons. The Bertz CT molecular complexity index is 700. The van der Waals surface area contributed by atoms with E-state index in [-0.39, 0.29) is 23.9 Å². The summed E-state index contributed by atoms with van der Waals surface area (Å²) < 4.78 is 5.41. The average molecular weight is 374 g/mol. The van der Waals surface area contributed by atoms with E-state index >= 15 is 0 Å². The van der Waals surface area contributed by atoms with Crippen LogP contribution in [-0.2, 0) is 9.53 Å². The third kappa shape index (κ3) is 4.42. The van der Waals surface area contributed by atoms with E-state index in [0.717, 1.165) is 37.6 Å². The van der Waals surface area contributed by atoms with Crippen molar-refractivity contribution in [2.75, 3.05) is 37.7 Å². The minimum atomic E-state index is -0.505. The Balaban J connectivity index is 1.77. The first-order valence-corrected chi connectivity index (χ1v) is 9.67. The van der Waals surface area contributed by atoms with Gasteiger partial charge in [-0.05, 0) is 51.0 Å².